The number of hydrogen-bond acceptors (Lipinski definition) is 2. The minimum Gasteiger partial charge on any atom is -0.126 e. The molecule has 0 spiro atoms. The van der Waals surface area contributed by atoms with Gasteiger partial charge in [0.1, 0.15) is 8.07 Å². The topological polar surface area (TPSA) is 0 Å². The van der Waals surface area contributed by atoms with Crippen molar-refractivity contribution in [2.24, 2.45) is 0 Å². The monoisotopic (exact) mass is 520 g/mol. The maximum Gasteiger partial charge on any atom is 0.129 e. The summed E-state index contributed by atoms with van der Waals surface area (Å²) in [7, 11) is -1.39. The molecule has 0 fully saturated rings. The molecule has 0 aliphatic carbocycles. The van der Waals surface area contributed by atoms with Crippen molar-refractivity contribution >= 4 is 54.2 Å². The first-order chi connectivity index (χ1) is 12.9. The Labute approximate surface area is 187 Å². The van der Waals surface area contributed by atoms with Crippen LogP contribution in [0.4, 0.5) is 0 Å². The number of halogens is 1. The molecule has 2 rings (SSSR count). The van der Waals surface area contributed by atoms with Crippen molar-refractivity contribution in [1.82, 2.24) is 0 Å². The van der Waals surface area contributed by atoms with E-state index in [1.165, 1.54) is 14.0 Å². The van der Waals surface area contributed by atoms with Gasteiger partial charge in [0.2, 0.25) is 0 Å². The van der Waals surface area contributed by atoms with Crippen LogP contribution in [0, 0.1) is 11.5 Å². The summed E-state index contributed by atoms with van der Waals surface area (Å²) in [5.74, 6) is 5.39. The van der Waals surface area contributed by atoms with Gasteiger partial charge in [-0.05, 0) is 45.9 Å². The second-order valence-electron chi connectivity index (χ2n) is 7.05. The van der Waals surface area contributed by atoms with Gasteiger partial charge in [0, 0.05) is 14.4 Å². The highest BCUT2D eigenvalue weighted by Crippen LogP contribution is 2.28. The molecule has 2 aromatic rings. The first-order valence-corrected chi connectivity index (χ1v) is 15.4. The van der Waals surface area contributed by atoms with E-state index < -0.39 is 8.07 Å². The van der Waals surface area contributed by atoms with Crippen molar-refractivity contribution < 1.29 is 0 Å². The summed E-state index contributed by atoms with van der Waals surface area (Å²) in [6.45, 7) is 6.86. The lowest BCUT2D eigenvalue weighted by atomic mass is 10.2. The van der Waals surface area contributed by atoms with E-state index in [-0.39, 0.29) is 0 Å². The molecule has 0 atom stereocenters. The molecule has 0 amide bonds. The SMILES string of the molecule is C[Si](C)(C)C#CC(=CC=C(I)SCc1ccccc1)SCc1ccccc1. The van der Waals surface area contributed by atoms with Gasteiger partial charge in [-0.25, -0.2) is 0 Å². The van der Waals surface area contributed by atoms with Gasteiger partial charge >= 0.3 is 0 Å². The second kappa shape index (κ2) is 11.9. The molecule has 4 heteroatoms. The van der Waals surface area contributed by atoms with Crippen molar-refractivity contribution in [3.63, 3.8) is 0 Å². The molecule has 0 aliphatic rings. The quantitative estimate of drug-likeness (QED) is 0.158. The van der Waals surface area contributed by atoms with Crippen LogP contribution in [0.1, 0.15) is 11.1 Å². The predicted molar refractivity (Wildman–Crippen MR) is 137 cm³/mol. The number of hydrogen-bond donors (Lipinski definition) is 0. The van der Waals surface area contributed by atoms with Crippen molar-refractivity contribution in [3.8, 4) is 11.5 Å². The van der Waals surface area contributed by atoms with E-state index in [2.05, 4.69) is 127 Å². The molecule has 0 N–H and O–H groups in total. The summed E-state index contributed by atoms with van der Waals surface area (Å²) in [5.41, 5.74) is 6.19. The molecule has 27 heavy (non-hydrogen) atoms. The van der Waals surface area contributed by atoms with E-state index in [1.54, 1.807) is 0 Å². The summed E-state index contributed by atoms with van der Waals surface area (Å²) >= 11 is 6.11. The van der Waals surface area contributed by atoms with Crippen molar-refractivity contribution in [2.75, 3.05) is 0 Å². The van der Waals surface area contributed by atoms with Crippen LogP contribution in [0.25, 0.3) is 0 Å². The van der Waals surface area contributed by atoms with Gasteiger partial charge in [-0.2, -0.15) is 0 Å². The number of allylic oxidation sites excluding steroid dienone is 3. The molecule has 0 saturated heterocycles. The van der Waals surface area contributed by atoms with Gasteiger partial charge in [-0.1, -0.05) is 86.2 Å². The van der Waals surface area contributed by atoms with Gasteiger partial charge in [-0.15, -0.1) is 29.1 Å². The first kappa shape index (κ1) is 22.4. The van der Waals surface area contributed by atoms with E-state index in [0.29, 0.717) is 0 Å². The van der Waals surface area contributed by atoms with E-state index in [0.717, 1.165) is 16.4 Å². The smallest absolute Gasteiger partial charge is 0.126 e. The van der Waals surface area contributed by atoms with Gasteiger partial charge < -0.3 is 0 Å². The van der Waals surface area contributed by atoms with E-state index in [9.17, 15) is 0 Å². The van der Waals surface area contributed by atoms with Crippen LogP contribution in [0.2, 0.25) is 19.6 Å². The zero-order valence-electron chi connectivity index (χ0n) is 16.0. The summed E-state index contributed by atoms with van der Waals surface area (Å²) < 4.78 is 1.28. The predicted octanol–water partition coefficient (Wildman–Crippen LogP) is 7.89. The lowest BCUT2D eigenvalue weighted by Gasteiger charge is -2.05. The standard InChI is InChI=1S/C23H25IS2Si/c1-27(2,3)17-16-22(25-18-20-10-6-4-7-11-20)14-15-23(24)26-19-21-12-8-5-9-13-21/h4-15H,18-19H2,1-3H3. The van der Waals surface area contributed by atoms with Crippen LogP contribution in [0.5, 0.6) is 0 Å². The third-order valence-corrected chi connectivity index (χ3v) is 7.47. The normalized spacial score (nSPS) is 12.4. The summed E-state index contributed by atoms with van der Waals surface area (Å²) in [6, 6.07) is 21.2. The Kier molecular flexibility index (Phi) is 9.84. The second-order valence-corrected chi connectivity index (χ2v) is 15.7. The number of rotatable bonds is 7. The third-order valence-electron chi connectivity index (χ3n) is 3.38. The Morgan fingerprint density at radius 3 is 1.89 bits per heavy atom. The summed E-state index contributed by atoms with van der Waals surface area (Å²) in [5, 5.41) is 0. The molecule has 0 nitrogen and oxygen atoms in total. The molecule has 0 bridgehead atoms. The maximum atomic E-state index is 3.50. The zero-order chi connectivity index (χ0) is 19.5. The Morgan fingerprint density at radius 1 is 0.852 bits per heavy atom. The van der Waals surface area contributed by atoms with E-state index >= 15 is 0 Å². The van der Waals surface area contributed by atoms with Crippen LogP contribution < -0.4 is 0 Å². The summed E-state index contributed by atoms with van der Waals surface area (Å²) in [6.07, 6.45) is 4.38. The Hall–Kier alpha value is -0.873. The van der Waals surface area contributed by atoms with Crippen molar-refractivity contribution in [2.45, 2.75) is 31.1 Å². The number of thioether (sulfide) groups is 2. The molecule has 140 valence electrons. The molecule has 0 heterocycles. The van der Waals surface area contributed by atoms with E-state index in [1.807, 2.05) is 23.5 Å². The van der Waals surface area contributed by atoms with Crippen LogP contribution in [-0.4, -0.2) is 8.07 Å². The van der Waals surface area contributed by atoms with Gasteiger partial charge in [0.25, 0.3) is 0 Å². The van der Waals surface area contributed by atoms with Crippen molar-refractivity contribution in [1.29, 1.82) is 0 Å². The molecular formula is C23H25IS2Si. The highest BCUT2D eigenvalue weighted by Gasteiger charge is 2.08. The zero-order valence-corrected chi connectivity index (χ0v) is 20.8. The summed E-state index contributed by atoms with van der Waals surface area (Å²) in [4.78, 5) is 1.15. The minimum absolute atomic E-state index is 0.953. The molecule has 0 aliphatic heterocycles. The van der Waals surface area contributed by atoms with Gasteiger partial charge in [-0.3, -0.25) is 0 Å². The van der Waals surface area contributed by atoms with E-state index in [4.69, 9.17) is 0 Å². The fraction of sp³-hybridized carbons (Fsp3) is 0.217. The average molecular weight is 521 g/mol. The number of benzene rings is 2. The Morgan fingerprint density at radius 2 is 1.37 bits per heavy atom. The fourth-order valence-electron chi connectivity index (χ4n) is 2.03. The van der Waals surface area contributed by atoms with Crippen molar-refractivity contribution in [3.05, 3.63) is 91.8 Å². The Bertz CT molecular complexity index is 825. The molecule has 0 unspecified atom stereocenters. The van der Waals surface area contributed by atoms with Crippen LogP contribution >= 0.6 is 46.1 Å². The molecular weight excluding hydrogens is 495 g/mol. The largest absolute Gasteiger partial charge is 0.129 e. The van der Waals surface area contributed by atoms with Crippen LogP contribution in [-0.2, 0) is 11.5 Å². The average Bonchev–Trinajstić information content (AvgIpc) is 2.66. The highest BCUT2D eigenvalue weighted by atomic mass is 127. The van der Waals surface area contributed by atoms with Crippen LogP contribution in [0.3, 0.4) is 0 Å². The lowest BCUT2D eigenvalue weighted by molar-refractivity contribution is 1.42. The Balaban J connectivity index is 2.04. The molecule has 2 aromatic carbocycles. The van der Waals surface area contributed by atoms with Gasteiger partial charge in [0.05, 0.1) is 4.91 Å². The molecule has 0 saturated carbocycles. The fourth-order valence-corrected chi connectivity index (χ4v) is 4.74. The maximum absolute atomic E-state index is 3.50. The molecule has 0 aromatic heterocycles. The van der Waals surface area contributed by atoms with Crippen LogP contribution in [0.15, 0.2) is 80.6 Å². The highest BCUT2D eigenvalue weighted by molar-refractivity contribution is 14.1. The third kappa shape index (κ3) is 10.3. The lowest BCUT2D eigenvalue weighted by Crippen LogP contribution is -2.16. The minimum atomic E-state index is -1.39. The molecule has 0 radical (unpaired) electrons. The first-order valence-electron chi connectivity index (χ1n) is 8.86. The van der Waals surface area contributed by atoms with Gasteiger partial charge in [0.15, 0.2) is 0 Å².